The van der Waals surface area contributed by atoms with Gasteiger partial charge < -0.3 is 14.1 Å². The first-order valence-electron chi connectivity index (χ1n) is 4.94. The Morgan fingerprint density at radius 3 is 2.88 bits per heavy atom. The van der Waals surface area contributed by atoms with Gasteiger partial charge in [0.25, 0.3) is 5.88 Å². The molecule has 0 N–H and O–H groups in total. The quantitative estimate of drug-likeness (QED) is 0.719. The van der Waals surface area contributed by atoms with Crippen molar-refractivity contribution in [2.75, 3.05) is 0 Å². The molecule has 0 aliphatic heterocycles. The van der Waals surface area contributed by atoms with Gasteiger partial charge in [0.15, 0.2) is 0 Å². The predicted molar refractivity (Wildman–Crippen MR) is 57.0 cm³/mol. The van der Waals surface area contributed by atoms with Crippen LogP contribution in [0.15, 0.2) is 40.9 Å². The lowest BCUT2D eigenvalue weighted by molar-refractivity contribution is -0.107. The summed E-state index contributed by atoms with van der Waals surface area (Å²) in [6.45, 7) is 0.438. The second kappa shape index (κ2) is 5.11. The van der Waals surface area contributed by atoms with Crippen LogP contribution in [0, 0.1) is 0 Å². The van der Waals surface area contributed by atoms with E-state index in [-0.39, 0.29) is 6.42 Å². The van der Waals surface area contributed by atoms with Crippen molar-refractivity contribution in [3.05, 3.63) is 47.7 Å². The minimum atomic E-state index is 0.224. The standard InChI is InChI=1S/C12H11NO3/c14-7-6-11-8-12(13-16-11)15-9-10-4-2-1-3-5-10/h1-5,7-8H,6,9H2. The van der Waals surface area contributed by atoms with Gasteiger partial charge in [-0.05, 0) is 10.7 Å². The molecule has 0 saturated carbocycles. The monoisotopic (exact) mass is 217 g/mol. The number of aromatic nitrogens is 1. The second-order valence-corrected chi connectivity index (χ2v) is 3.28. The van der Waals surface area contributed by atoms with Crippen molar-refractivity contribution in [3.8, 4) is 5.88 Å². The van der Waals surface area contributed by atoms with Gasteiger partial charge in [0.2, 0.25) is 0 Å². The van der Waals surface area contributed by atoms with Crippen LogP contribution in [0.2, 0.25) is 0 Å². The van der Waals surface area contributed by atoms with Gasteiger partial charge in [0, 0.05) is 6.07 Å². The van der Waals surface area contributed by atoms with Crippen molar-refractivity contribution in [2.45, 2.75) is 13.0 Å². The number of aldehydes is 1. The molecule has 0 radical (unpaired) electrons. The van der Waals surface area contributed by atoms with Crippen LogP contribution in [0.25, 0.3) is 0 Å². The summed E-state index contributed by atoms with van der Waals surface area (Å²) >= 11 is 0. The fourth-order valence-electron chi connectivity index (χ4n) is 1.27. The Balaban J connectivity index is 1.92. The van der Waals surface area contributed by atoms with E-state index in [4.69, 9.17) is 9.26 Å². The molecule has 1 aromatic carbocycles. The maximum Gasteiger partial charge on any atom is 0.254 e. The fraction of sp³-hybridized carbons (Fsp3) is 0.167. The third kappa shape index (κ3) is 2.70. The van der Waals surface area contributed by atoms with Crippen molar-refractivity contribution < 1.29 is 14.1 Å². The molecule has 0 fully saturated rings. The van der Waals surface area contributed by atoms with E-state index >= 15 is 0 Å². The summed E-state index contributed by atoms with van der Waals surface area (Å²) in [7, 11) is 0. The highest BCUT2D eigenvalue weighted by molar-refractivity contribution is 5.53. The van der Waals surface area contributed by atoms with Crippen LogP contribution >= 0.6 is 0 Å². The third-order valence-corrected chi connectivity index (χ3v) is 2.05. The average molecular weight is 217 g/mol. The fourth-order valence-corrected chi connectivity index (χ4v) is 1.27. The Bertz CT molecular complexity index is 450. The summed E-state index contributed by atoms with van der Waals surface area (Å²) in [4.78, 5) is 10.2. The van der Waals surface area contributed by atoms with Crippen LogP contribution in [0.1, 0.15) is 11.3 Å². The van der Waals surface area contributed by atoms with Crippen molar-refractivity contribution in [1.82, 2.24) is 5.16 Å². The zero-order chi connectivity index (χ0) is 11.2. The molecular weight excluding hydrogens is 206 g/mol. The number of hydrogen-bond donors (Lipinski definition) is 0. The van der Waals surface area contributed by atoms with Crippen LogP contribution < -0.4 is 4.74 Å². The highest BCUT2D eigenvalue weighted by Crippen LogP contribution is 2.13. The number of benzene rings is 1. The molecule has 2 aromatic rings. The molecule has 0 amide bonds. The molecule has 0 bridgehead atoms. The third-order valence-electron chi connectivity index (χ3n) is 2.05. The molecule has 2 rings (SSSR count). The molecule has 0 spiro atoms. The van der Waals surface area contributed by atoms with E-state index < -0.39 is 0 Å². The molecule has 0 aliphatic rings. The highest BCUT2D eigenvalue weighted by atomic mass is 16.5. The van der Waals surface area contributed by atoms with Crippen molar-refractivity contribution in [3.63, 3.8) is 0 Å². The molecule has 0 aliphatic carbocycles. The topological polar surface area (TPSA) is 52.3 Å². The Hall–Kier alpha value is -2.10. The molecular formula is C12H11NO3. The molecule has 82 valence electrons. The smallest absolute Gasteiger partial charge is 0.254 e. The highest BCUT2D eigenvalue weighted by Gasteiger charge is 2.04. The SMILES string of the molecule is O=CCc1cc(OCc2ccccc2)no1. The molecule has 0 unspecified atom stereocenters. The summed E-state index contributed by atoms with van der Waals surface area (Å²) in [6.07, 6.45) is 0.989. The Labute approximate surface area is 92.8 Å². The molecule has 1 aromatic heterocycles. The molecule has 0 atom stereocenters. The minimum absolute atomic E-state index is 0.224. The number of rotatable bonds is 5. The summed E-state index contributed by atoms with van der Waals surface area (Å²) in [5, 5.41) is 3.69. The van der Waals surface area contributed by atoms with E-state index in [1.807, 2.05) is 30.3 Å². The lowest BCUT2D eigenvalue weighted by atomic mass is 10.2. The zero-order valence-corrected chi connectivity index (χ0v) is 8.63. The van der Waals surface area contributed by atoms with Crippen LogP contribution in [0.3, 0.4) is 0 Å². The Kier molecular flexibility index (Phi) is 3.33. The molecule has 4 heteroatoms. The van der Waals surface area contributed by atoms with Crippen LogP contribution in [-0.2, 0) is 17.8 Å². The van der Waals surface area contributed by atoms with Gasteiger partial charge in [-0.3, -0.25) is 0 Å². The number of carbonyl (C=O) groups is 1. The predicted octanol–water partition coefficient (Wildman–Crippen LogP) is 1.99. The van der Waals surface area contributed by atoms with Gasteiger partial charge in [0.05, 0.1) is 6.42 Å². The van der Waals surface area contributed by atoms with E-state index in [9.17, 15) is 4.79 Å². The van der Waals surface area contributed by atoms with E-state index in [1.54, 1.807) is 6.07 Å². The molecule has 0 saturated heterocycles. The molecule has 4 nitrogen and oxygen atoms in total. The number of ether oxygens (including phenoxy) is 1. The van der Waals surface area contributed by atoms with Gasteiger partial charge in [0.1, 0.15) is 18.7 Å². The van der Waals surface area contributed by atoms with Crippen molar-refractivity contribution >= 4 is 6.29 Å². The van der Waals surface area contributed by atoms with E-state index in [1.165, 1.54) is 0 Å². The van der Waals surface area contributed by atoms with Crippen molar-refractivity contribution in [2.24, 2.45) is 0 Å². The first-order valence-corrected chi connectivity index (χ1v) is 4.94. The zero-order valence-electron chi connectivity index (χ0n) is 8.63. The van der Waals surface area contributed by atoms with Gasteiger partial charge in [-0.15, -0.1) is 0 Å². The van der Waals surface area contributed by atoms with Gasteiger partial charge in [-0.1, -0.05) is 30.3 Å². The summed E-state index contributed by atoms with van der Waals surface area (Å²) < 4.78 is 10.3. The van der Waals surface area contributed by atoms with E-state index in [0.717, 1.165) is 11.8 Å². The van der Waals surface area contributed by atoms with E-state index in [2.05, 4.69) is 5.16 Å². The maximum absolute atomic E-state index is 10.2. The largest absolute Gasteiger partial charge is 0.471 e. The average Bonchev–Trinajstić information content (AvgIpc) is 2.76. The first-order chi connectivity index (χ1) is 7.88. The lowest BCUT2D eigenvalue weighted by Crippen LogP contribution is -1.94. The lowest BCUT2D eigenvalue weighted by Gasteiger charge is -2.00. The second-order valence-electron chi connectivity index (χ2n) is 3.28. The van der Waals surface area contributed by atoms with Gasteiger partial charge >= 0.3 is 0 Å². The Morgan fingerprint density at radius 2 is 2.12 bits per heavy atom. The van der Waals surface area contributed by atoms with Gasteiger partial charge in [-0.2, -0.15) is 0 Å². The first kappa shape index (κ1) is 10.4. The van der Waals surface area contributed by atoms with Crippen LogP contribution in [-0.4, -0.2) is 11.4 Å². The summed E-state index contributed by atoms with van der Waals surface area (Å²) in [6, 6.07) is 11.4. The van der Waals surface area contributed by atoms with Gasteiger partial charge in [-0.25, -0.2) is 0 Å². The normalized spacial score (nSPS) is 10.0. The van der Waals surface area contributed by atoms with E-state index in [0.29, 0.717) is 18.2 Å². The minimum Gasteiger partial charge on any atom is -0.471 e. The maximum atomic E-state index is 10.2. The van der Waals surface area contributed by atoms with Crippen LogP contribution in [0.4, 0.5) is 0 Å². The number of nitrogens with zero attached hydrogens (tertiary/aromatic N) is 1. The number of carbonyl (C=O) groups excluding carboxylic acids is 1. The summed E-state index contributed by atoms with van der Waals surface area (Å²) in [5.41, 5.74) is 1.06. The van der Waals surface area contributed by atoms with Crippen LogP contribution in [0.5, 0.6) is 5.88 Å². The molecule has 1 heterocycles. The van der Waals surface area contributed by atoms with Crippen molar-refractivity contribution in [1.29, 1.82) is 0 Å². The Morgan fingerprint density at radius 1 is 1.31 bits per heavy atom. The number of hydrogen-bond acceptors (Lipinski definition) is 4. The molecule has 16 heavy (non-hydrogen) atoms. The summed E-state index contributed by atoms with van der Waals surface area (Å²) in [5.74, 6) is 0.916.